The van der Waals surface area contributed by atoms with Crippen molar-refractivity contribution in [1.29, 1.82) is 0 Å². The number of hydrogen-bond donors (Lipinski definition) is 1. The van der Waals surface area contributed by atoms with Crippen LogP contribution in [0.4, 0.5) is 0 Å². The molecule has 0 aliphatic rings. The van der Waals surface area contributed by atoms with E-state index in [-0.39, 0.29) is 0 Å². The summed E-state index contributed by atoms with van der Waals surface area (Å²) >= 11 is 1.72. The van der Waals surface area contributed by atoms with Crippen molar-refractivity contribution < 1.29 is 0 Å². The molecule has 1 unspecified atom stereocenters. The smallest absolute Gasteiger partial charge is 0.0794 e. The van der Waals surface area contributed by atoms with Gasteiger partial charge >= 0.3 is 0 Å². The second-order valence-electron chi connectivity index (χ2n) is 4.12. The zero-order valence-corrected chi connectivity index (χ0v) is 10.1. The Labute approximate surface area is 90.8 Å². The van der Waals surface area contributed by atoms with Gasteiger partial charge in [0, 0.05) is 17.1 Å². The lowest BCUT2D eigenvalue weighted by Gasteiger charge is -2.11. The van der Waals surface area contributed by atoms with Gasteiger partial charge in [-0.15, -0.1) is 11.3 Å². The molecule has 80 valence electrons. The van der Waals surface area contributed by atoms with E-state index in [9.17, 15) is 0 Å². The Morgan fingerprint density at radius 1 is 1.43 bits per heavy atom. The molecule has 14 heavy (non-hydrogen) atoms. The van der Waals surface area contributed by atoms with Gasteiger partial charge in [0.15, 0.2) is 0 Å². The Morgan fingerprint density at radius 2 is 2.21 bits per heavy atom. The van der Waals surface area contributed by atoms with Crippen molar-refractivity contribution >= 4 is 11.3 Å². The van der Waals surface area contributed by atoms with Gasteiger partial charge in [0.05, 0.1) is 5.51 Å². The number of hydrogen-bond acceptors (Lipinski definition) is 3. The molecule has 1 aromatic rings. The lowest BCUT2D eigenvalue weighted by atomic mass is 10.1. The Kier molecular flexibility index (Phi) is 5.12. The summed E-state index contributed by atoms with van der Waals surface area (Å²) in [5, 5.41) is 3.51. The van der Waals surface area contributed by atoms with Gasteiger partial charge in [-0.1, -0.05) is 13.8 Å². The topological polar surface area (TPSA) is 24.9 Å². The SMILES string of the molecule is CC(C)CCCNC(C)c1cncs1. The fourth-order valence-corrected chi connectivity index (χ4v) is 2.02. The largest absolute Gasteiger partial charge is 0.309 e. The first kappa shape index (κ1) is 11.7. The Bertz CT molecular complexity index is 231. The predicted molar refractivity (Wildman–Crippen MR) is 62.6 cm³/mol. The van der Waals surface area contributed by atoms with Gasteiger partial charge in [-0.05, 0) is 32.2 Å². The van der Waals surface area contributed by atoms with Crippen molar-refractivity contribution in [1.82, 2.24) is 10.3 Å². The van der Waals surface area contributed by atoms with Crippen LogP contribution in [0.3, 0.4) is 0 Å². The quantitative estimate of drug-likeness (QED) is 0.732. The van der Waals surface area contributed by atoms with E-state index in [0.717, 1.165) is 12.5 Å². The van der Waals surface area contributed by atoms with Crippen LogP contribution in [0.25, 0.3) is 0 Å². The summed E-state index contributed by atoms with van der Waals surface area (Å²) in [7, 11) is 0. The summed E-state index contributed by atoms with van der Waals surface area (Å²) in [6.45, 7) is 7.85. The van der Waals surface area contributed by atoms with Crippen LogP contribution in [0.1, 0.15) is 44.5 Å². The maximum atomic E-state index is 4.08. The van der Waals surface area contributed by atoms with Crippen LogP contribution in [0, 0.1) is 5.92 Å². The maximum absolute atomic E-state index is 4.08. The third-order valence-corrected chi connectivity index (χ3v) is 3.25. The molecule has 3 heteroatoms. The second kappa shape index (κ2) is 6.14. The van der Waals surface area contributed by atoms with Gasteiger partial charge < -0.3 is 5.32 Å². The molecule has 1 heterocycles. The molecule has 1 N–H and O–H groups in total. The normalized spacial score (nSPS) is 13.4. The van der Waals surface area contributed by atoms with Gasteiger partial charge in [-0.2, -0.15) is 0 Å². The third kappa shape index (κ3) is 4.20. The highest BCUT2D eigenvalue weighted by Gasteiger charge is 2.05. The number of rotatable bonds is 6. The molecule has 0 aromatic carbocycles. The van der Waals surface area contributed by atoms with Crippen LogP contribution in [0.2, 0.25) is 0 Å². The van der Waals surface area contributed by atoms with Gasteiger partial charge in [0.2, 0.25) is 0 Å². The molecule has 0 saturated carbocycles. The van der Waals surface area contributed by atoms with Crippen LogP contribution in [-0.4, -0.2) is 11.5 Å². The van der Waals surface area contributed by atoms with Crippen molar-refractivity contribution in [2.75, 3.05) is 6.54 Å². The van der Waals surface area contributed by atoms with Gasteiger partial charge in [-0.25, -0.2) is 0 Å². The number of aromatic nitrogens is 1. The summed E-state index contributed by atoms with van der Waals surface area (Å²) in [4.78, 5) is 5.41. The number of nitrogens with zero attached hydrogens (tertiary/aromatic N) is 1. The van der Waals surface area contributed by atoms with E-state index in [0.29, 0.717) is 6.04 Å². The lowest BCUT2D eigenvalue weighted by molar-refractivity contribution is 0.500. The molecule has 1 rings (SSSR count). The highest BCUT2D eigenvalue weighted by atomic mass is 32.1. The van der Waals surface area contributed by atoms with Gasteiger partial charge in [-0.3, -0.25) is 4.98 Å². The Hall–Kier alpha value is -0.410. The number of nitrogens with one attached hydrogen (secondary N) is 1. The van der Waals surface area contributed by atoms with Crippen LogP contribution in [-0.2, 0) is 0 Å². The Morgan fingerprint density at radius 3 is 2.79 bits per heavy atom. The molecule has 1 aromatic heterocycles. The van der Waals surface area contributed by atoms with Crippen molar-refractivity contribution in [2.45, 2.75) is 39.7 Å². The van der Waals surface area contributed by atoms with Crippen LogP contribution in [0.5, 0.6) is 0 Å². The summed E-state index contributed by atoms with van der Waals surface area (Å²) in [5.74, 6) is 0.815. The summed E-state index contributed by atoms with van der Waals surface area (Å²) < 4.78 is 0. The van der Waals surface area contributed by atoms with E-state index < -0.39 is 0 Å². The zero-order chi connectivity index (χ0) is 10.4. The van der Waals surface area contributed by atoms with E-state index in [1.165, 1.54) is 17.7 Å². The third-order valence-electron chi connectivity index (χ3n) is 2.29. The molecule has 0 fully saturated rings. The zero-order valence-electron chi connectivity index (χ0n) is 9.29. The minimum Gasteiger partial charge on any atom is -0.309 e. The van der Waals surface area contributed by atoms with Crippen LogP contribution in [0.15, 0.2) is 11.7 Å². The summed E-state index contributed by atoms with van der Waals surface area (Å²) in [6, 6.07) is 0.453. The molecule has 0 bridgehead atoms. The molecule has 0 amide bonds. The maximum Gasteiger partial charge on any atom is 0.0794 e. The first-order valence-corrected chi connectivity index (χ1v) is 6.20. The van der Waals surface area contributed by atoms with Crippen molar-refractivity contribution in [3.63, 3.8) is 0 Å². The molecule has 0 spiro atoms. The van der Waals surface area contributed by atoms with E-state index in [2.05, 4.69) is 31.1 Å². The van der Waals surface area contributed by atoms with Gasteiger partial charge in [0.25, 0.3) is 0 Å². The van der Waals surface area contributed by atoms with E-state index in [4.69, 9.17) is 0 Å². The average molecular weight is 212 g/mol. The monoisotopic (exact) mass is 212 g/mol. The molecular weight excluding hydrogens is 192 g/mol. The van der Waals surface area contributed by atoms with Crippen molar-refractivity contribution in [3.05, 3.63) is 16.6 Å². The molecule has 0 saturated heterocycles. The highest BCUT2D eigenvalue weighted by Crippen LogP contribution is 2.16. The minimum absolute atomic E-state index is 0.453. The van der Waals surface area contributed by atoms with Crippen molar-refractivity contribution in [3.8, 4) is 0 Å². The number of thiazole rings is 1. The fourth-order valence-electron chi connectivity index (χ4n) is 1.37. The van der Waals surface area contributed by atoms with Gasteiger partial charge in [0.1, 0.15) is 0 Å². The molecule has 0 radical (unpaired) electrons. The van der Waals surface area contributed by atoms with Crippen LogP contribution >= 0.6 is 11.3 Å². The molecule has 2 nitrogen and oxygen atoms in total. The highest BCUT2D eigenvalue weighted by molar-refractivity contribution is 7.09. The molecule has 0 aliphatic heterocycles. The van der Waals surface area contributed by atoms with Crippen LogP contribution < -0.4 is 5.32 Å². The molecule has 1 atom stereocenters. The summed E-state index contributed by atoms with van der Waals surface area (Å²) in [6.07, 6.45) is 4.52. The average Bonchev–Trinajstić information content (AvgIpc) is 2.64. The van der Waals surface area contributed by atoms with E-state index in [1.807, 2.05) is 11.7 Å². The predicted octanol–water partition coefficient (Wildman–Crippen LogP) is 3.23. The molecule has 0 aliphatic carbocycles. The standard InChI is InChI=1S/C11H20N2S/c1-9(2)5-4-6-13-10(3)11-7-12-8-14-11/h7-10,13H,4-6H2,1-3H3. The first-order valence-electron chi connectivity index (χ1n) is 5.32. The Balaban J connectivity index is 2.13. The van der Waals surface area contributed by atoms with E-state index in [1.54, 1.807) is 11.3 Å². The van der Waals surface area contributed by atoms with E-state index >= 15 is 0 Å². The second-order valence-corrected chi connectivity index (χ2v) is 5.03. The molecular formula is C11H20N2S. The minimum atomic E-state index is 0.453. The fraction of sp³-hybridized carbons (Fsp3) is 0.727. The summed E-state index contributed by atoms with van der Waals surface area (Å²) in [5.41, 5.74) is 1.89. The first-order chi connectivity index (χ1) is 6.70. The van der Waals surface area contributed by atoms with Crippen molar-refractivity contribution in [2.24, 2.45) is 5.92 Å². The lowest BCUT2D eigenvalue weighted by Crippen LogP contribution is -2.19.